The Balaban J connectivity index is 2.07. The topological polar surface area (TPSA) is 56.8 Å². The molecule has 6 heteroatoms. The lowest BCUT2D eigenvalue weighted by molar-refractivity contribution is 0.0259. The number of rotatable bonds is 2. The Hall–Kier alpha value is -1.11. The predicted octanol–water partition coefficient (Wildman–Crippen LogP) is 1.65. The first kappa shape index (κ1) is 12.0. The molecule has 1 atom stereocenters. The van der Waals surface area contributed by atoms with E-state index in [0.717, 1.165) is 24.9 Å². The van der Waals surface area contributed by atoms with E-state index in [4.69, 9.17) is 14.2 Å². The summed E-state index contributed by atoms with van der Waals surface area (Å²) >= 11 is 3.38. The van der Waals surface area contributed by atoms with E-state index < -0.39 is 0 Å². The van der Waals surface area contributed by atoms with Crippen LogP contribution in [0.2, 0.25) is 0 Å². The number of carbonyl (C=O) groups is 1. The van der Waals surface area contributed by atoms with E-state index in [2.05, 4.69) is 21.2 Å². The largest absolute Gasteiger partial charge is 0.453 e. The van der Waals surface area contributed by atoms with Crippen molar-refractivity contribution in [3.8, 4) is 11.5 Å². The molecule has 18 heavy (non-hydrogen) atoms. The Kier molecular flexibility index (Phi) is 3.23. The highest BCUT2D eigenvalue weighted by Crippen LogP contribution is 2.45. The van der Waals surface area contributed by atoms with Crippen molar-refractivity contribution in [2.24, 2.45) is 0 Å². The Labute approximate surface area is 113 Å². The molecular formula is C12H12BrNO4. The number of benzene rings is 1. The van der Waals surface area contributed by atoms with Crippen LogP contribution in [0.5, 0.6) is 11.5 Å². The highest BCUT2D eigenvalue weighted by atomic mass is 79.9. The van der Waals surface area contributed by atoms with Crippen LogP contribution < -0.4 is 14.8 Å². The van der Waals surface area contributed by atoms with Gasteiger partial charge in [0, 0.05) is 23.1 Å². The van der Waals surface area contributed by atoms with Crippen LogP contribution in [0.1, 0.15) is 22.0 Å². The first-order valence-electron chi connectivity index (χ1n) is 5.70. The highest BCUT2D eigenvalue weighted by molar-refractivity contribution is 9.10. The van der Waals surface area contributed by atoms with E-state index in [-0.39, 0.29) is 12.9 Å². The molecule has 1 N–H and O–H groups in total. The van der Waals surface area contributed by atoms with Crippen molar-refractivity contribution < 1.29 is 19.0 Å². The van der Waals surface area contributed by atoms with Crippen molar-refractivity contribution in [2.45, 2.75) is 6.10 Å². The van der Waals surface area contributed by atoms with Crippen LogP contribution >= 0.6 is 15.9 Å². The van der Waals surface area contributed by atoms with Gasteiger partial charge in [-0.2, -0.15) is 0 Å². The van der Waals surface area contributed by atoms with Gasteiger partial charge < -0.3 is 19.5 Å². The van der Waals surface area contributed by atoms with Crippen LogP contribution in [-0.4, -0.2) is 32.8 Å². The number of carbonyl (C=O) groups excluding carboxylic acids is 1. The summed E-state index contributed by atoms with van der Waals surface area (Å²) in [6, 6.07) is 1.87. The van der Waals surface area contributed by atoms with Crippen molar-refractivity contribution in [1.29, 1.82) is 0 Å². The number of hydrogen-bond donors (Lipinski definition) is 1. The molecule has 2 aliphatic heterocycles. The number of halogens is 1. The van der Waals surface area contributed by atoms with Crippen molar-refractivity contribution in [3.05, 3.63) is 21.7 Å². The molecule has 0 bridgehead atoms. The summed E-state index contributed by atoms with van der Waals surface area (Å²) < 4.78 is 17.3. The van der Waals surface area contributed by atoms with Crippen molar-refractivity contribution >= 4 is 22.2 Å². The van der Waals surface area contributed by atoms with Crippen LogP contribution in [-0.2, 0) is 4.74 Å². The maximum absolute atomic E-state index is 11.1. The van der Waals surface area contributed by atoms with Gasteiger partial charge >= 0.3 is 0 Å². The lowest BCUT2D eigenvalue weighted by Gasteiger charge is -2.25. The van der Waals surface area contributed by atoms with Crippen molar-refractivity contribution in [1.82, 2.24) is 5.32 Å². The molecule has 3 rings (SSSR count). The molecule has 1 aromatic rings. The molecule has 96 valence electrons. The third kappa shape index (κ3) is 1.90. The van der Waals surface area contributed by atoms with E-state index in [9.17, 15) is 4.79 Å². The zero-order valence-corrected chi connectivity index (χ0v) is 11.2. The van der Waals surface area contributed by atoms with Gasteiger partial charge in [-0.25, -0.2) is 0 Å². The van der Waals surface area contributed by atoms with Crippen LogP contribution in [0.15, 0.2) is 10.5 Å². The highest BCUT2D eigenvalue weighted by Gasteiger charge is 2.29. The summed E-state index contributed by atoms with van der Waals surface area (Å²) in [7, 11) is 0. The molecule has 1 fully saturated rings. The number of aldehydes is 1. The van der Waals surface area contributed by atoms with Crippen LogP contribution in [0.3, 0.4) is 0 Å². The average molecular weight is 314 g/mol. The van der Waals surface area contributed by atoms with Gasteiger partial charge in [0.15, 0.2) is 17.8 Å². The third-order valence-electron chi connectivity index (χ3n) is 3.05. The second kappa shape index (κ2) is 4.87. The number of nitrogens with one attached hydrogen (secondary N) is 1. The summed E-state index contributed by atoms with van der Waals surface area (Å²) in [5.41, 5.74) is 1.39. The van der Waals surface area contributed by atoms with Gasteiger partial charge in [0.25, 0.3) is 0 Å². The molecule has 1 unspecified atom stereocenters. The van der Waals surface area contributed by atoms with Gasteiger partial charge in [-0.15, -0.1) is 0 Å². The maximum Gasteiger partial charge on any atom is 0.231 e. The first-order valence-corrected chi connectivity index (χ1v) is 6.50. The van der Waals surface area contributed by atoms with Crippen LogP contribution in [0.25, 0.3) is 0 Å². The Morgan fingerprint density at radius 3 is 2.94 bits per heavy atom. The van der Waals surface area contributed by atoms with E-state index in [0.29, 0.717) is 28.1 Å². The molecule has 2 aliphatic rings. The van der Waals surface area contributed by atoms with Crippen LogP contribution in [0, 0.1) is 0 Å². The van der Waals surface area contributed by atoms with E-state index in [1.807, 2.05) is 6.07 Å². The van der Waals surface area contributed by atoms with E-state index >= 15 is 0 Å². The first-order chi connectivity index (χ1) is 8.81. The van der Waals surface area contributed by atoms with Gasteiger partial charge in [-0.3, -0.25) is 4.79 Å². The number of morpholine rings is 1. The molecule has 0 amide bonds. The molecule has 0 aliphatic carbocycles. The van der Waals surface area contributed by atoms with Gasteiger partial charge in [0.2, 0.25) is 6.79 Å². The zero-order chi connectivity index (χ0) is 12.5. The molecule has 2 heterocycles. The molecule has 0 radical (unpaired) electrons. The summed E-state index contributed by atoms with van der Waals surface area (Å²) in [5, 5.41) is 3.27. The molecule has 0 aromatic heterocycles. The van der Waals surface area contributed by atoms with Gasteiger partial charge in [-0.1, -0.05) is 0 Å². The Morgan fingerprint density at radius 1 is 1.39 bits per heavy atom. The smallest absolute Gasteiger partial charge is 0.231 e. The minimum atomic E-state index is -0.0776. The number of hydrogen-bond acceptors (Lipinski definition) is 5. The lowest BCUT2D eigenvalue weighted by Crippen LogP contribution is -2.33. The fraction of sp³-hybridized carbons (Fsp3) is 0.417. The quantitative estimate of drug-likeness (QED) is 0.841. The van der Waals surface area contributed by atoms with E-state index in [1.165, 1.54) is 0 Å². The monoisotopic (exact) mass is 313 g/mol. The molecule has 1 aromatic carbocycles. The van der Waals surface area contributed by atoms with Gasteiger partial charge in [-0.05, 0) is 22.0 Å². The SMILES string of the molecule is O=Cc1c(Br)cc(C2CNCCO2)c2c1OCO2. The zero-order valence-electron chi connectivity index (χ0n) is 9.57. The Morgan fingerprint density at radius 2 is 2.22 bits per heavy atom. The average Bonchev–Trinajstić information content (AvgIpc) is 2.88. The standard InChI is InChI=1S/C12H12BrNO4/c13-9-3-7(10-4-14-1-2-16-10)11-12(8(9)5-15)18-6-17-11/h3,5,10,14H,1-2,4,6H2. The predicted molar refractivity (Wildman–Crippen MR) is 67.2 cm³/mol. The minimum absolute atomic E-state index is 0.0776. The number of ether oxygens (including phenoxy) is 3. The summed E-state index contributed by atoms with van der Waals surface area (Å²) in [6.07, 6.45) is 0.688. The minimum Gasteiger partial charge on any atom is -0.453 e. The summed E-state index contributed by atoms with van der Waals surface area (Å²) in [4.78, 5) is 11.1. The second-order valence-corrected chi connectivity index (χ2v) is 4.96. The molecule has 1 saturated heterocycles. The van der Waals surface area contributed by atoms with Crippen LogP contribution in [0.4, 0.5) is 0 Å². The maximum atomic E-state index is 11.1. The lowest BCUT2D eigenvalue weighted by atomic mass is 10.0. The summed E-state index contributed by atoms with van der Waals surface area (Å²) in [5.74, 6) is 1.12. The van der Waals surface area contributed by atoms with Crippen molar-refractivity contribution in [2.75, 3.05) is 26.5 Å². The molecular weight excluding hydrogens is 302 g/mol. The van der Waals surface area contributed by atoms with Gasteiger partial charge in [0.1, 0.15) is 0 Å². The second-order valence-electron chi connectivity index (χ2n) is 4.11. The van der Waals surface area contributed by atoms with E-state index in [1.54, 1.807) is 0 Å². The van der Waals surface area contributed by atoms with Gasteiger partial charge in [0.05, 0.1) is 18.3 Å². The molecule has 0 spiro atoms. The number of fused-ring (bicyclic) bond motifs is 1. The Bertz CT molecular complexity index is 485. The molecule has 5 nitrogen and oxygen atoms in total. The summed E-state index contributed by atoms with van der Waals surface area (Å²) in [6.45, 7) is 2.37. The van der Waals surface area contributed by atoms with Crippen molar-refractivity contribution in [3.63, 3.8) is 0 Å². The fourth-order valence-electron chi connectivity index (χ4n) is 2.20. The molecule has 0 saturated carbocycles. The fourth-order valence-corrected chi connectivity index (χ4v) is 2.72. The third-order valence-corrected chi connectivity index (χ3v) is 3.71. The normalized spacial score (nSPS) is 21.9.